The summed E-state index contributed by atoms with van der Waals surface area (Å²) in [6.45, 7) is 2.51. The van der Waals surface area contributed by atoms with Gasteiger partial charge in [0.05, 0.1) is 5.56 Å². The lowest BCUT2D eigenvalue weighted by Crippen LogP contribution is -2.34. The van der Waals surface area contributed by atoms with Gasteiger partial charge in [0.1, 0.15) is 0 Å². The lowest BCUT2D eigenvalue weighted by Gasteiger charge is -2.21. The van der Waals surface area contributed by atoms with Gasteiger partial charge in [-0.1, -0.05) is 30.3 Å². The van der Waals surface area contributed by atoms with Gasteiger partial charge in [0.15, 0.2) is 5.11 Å². The summed E-state index contributed by atoms with van der Waals surface area (Å²) >= 11 is 7.35. The van der Waals surface area contributed by atoms with Crippen molar-refractivity contribution in [3.05, 3.63) is 93.6 Å². The van der Waals surface area contributed by atoms with Crippen molar-refractivity contribution < 1.29 is 9.59 Å². The van der Waals surface area contributed by atoms with E-state index in [2.05, 4.69) is 33.2 Å². The van der Waals surface area contributed by atoms with Crippen molar-refractivity contribution in [2.45, 2.75) is 6.92 Å². The van der Waals surface area contributed by atoms with Crippen LogP contribution in [0.15, 0.2) is 78.9 Å². The van der Waals surface area contributed by atoms with Crippen LogP contribution in [0.25, 0.3) is 0 Å². The van der Waals surface area contributed by atoms with Gasteiger partial charge in [0.25, 0.3) is 11.8 Å². The third-order valence-electron chi connectivity index (χ3n) is 4.36. The fraction of sp³-hybridized carbons (Fsp3) is 0.0870. The van der Waals surface area contributed by atoms with E-state index in [4.69, 9.17) is 12.2 Å². The molecular formula is C23H20IN3O2S. The number of anilines is 2. The van der Waals surface area contributed by atoms with E-state index < -0.39 is 0 Å². The quantitative estimate of drug-likeness (QED) is 0.358. The van der Waals surface area contributed by atoms with Crippen molar-refractivity contribution >= 4 is 63.1 Å². The fourth-order valence-corrected chi connectivity index (χ4v) is 3.72. The number of hydrogen-bond acceptors (Lipinski definition) is 3. The molecule has 3 aromatic carbocycles. The standard InChI is InChI=1S/C23H20IN3O2S/c1-2-27(18-8-4-3-5-9-18)22(29)16-12-14-17(15-13-16)25-23(30)26-21(28)19-10-6-7-11-20(19)24/h3-15H,2H2,1H3,(H2,25,26,28,30). The Morgan fingerprint density at radius 3 is 2.20 bits per heavy atom. The first-order valence-electron chi connectivity index (χ1n) is 9.33. The van der Waals surface area contributed by atoms with Crippen LogP contribution in [-0.2, 0) is 0 Å². The van der Waals surface area contributed by atoms with Crippen LogP contribution >= 0.6 is 34.8 Å². The molecule has 0 saturated heterocycles. The Bertz CT molecular complexity index is 1060. The number of nitrogens with zero attached hydrogens (tertiary/aromatic N) is 1. The molecule has 0 saturated carbocycles. The van der Waals surface area contributed by atoms with Gasteiger partial charge < -0.3 is 10.2 Å². The number of hydrogen-bond donors (Lipinski definition) is 2. The summed E-state index contributed by atoms with van der Waals surface area (Å²) in [5.41, 5.74) is 2.66. The first-order valence-corrected chi connectivity index (χ1v) is 10.8. The molecule has 7 heteroatoms. The molecule has 0 aliphatic carbocycles. The average molecular weight is 529 g/mol. The highest BCUT2D eigenvalue weighted by atomic mass is 127. The number of carbonyl (C=O) groups excluding carboxylic acids is 2. The second-order valence-corrected chi connectivity index (χ2v) is 7.92. The van der Waals surface area contributed by atoms with E-state index >= 15 is 0 Å². The van der Waals surface area contributed by atoms with Crippen molar-refractivity contribution in [1.82, 2.24) is 5.32 Å². The van der Waals surface area contributed by atoms with Crippen molar-refractivity contribution in [2.75, 3.05) is 16.8 Å². The molecule has 0 spiro atoms. The maximum Gasteiger partial charge on any atom is 0.258 e. The van der Waals surface area contributed by atoms with E-state index in [0.717, 1.165) is 9.26 Å². The van der Waals surface area contributed by atoms with Crippen LogP contribution in [0.5, 0.6) is 0 Å². The molecule has 3 rings (SSSR count). The van der Waals surface area contributed by atoms with Crippen molar-refractivity contribution in [3.63, 3.8) is 0 Å². The molecular weight excluding hydrogens is 509 g/mol. The predicted molar refractivity (Wildman–Crippen MR) is 133 cm³/mol. The van der Waals surface area contributed by atoms with Crippen LogP contribution in [0.4, 0.5) is 11.4 Å². The normalized spacial score (nSPS) is 10.2. The molecule has 152 valence electrons. The van der Waals surface area contributed by atoms with E-state index in [9.17, 15) is 9.59 Å². The zero-order chi connectivity index (χ0) is 21.5. The van der Waals surface area contributed by atoms with Gasteiger partial charge in [-0.05, 0) is 90.3 Å². The smallest absolute Gasteiger partial charge is 0.258 e. The largest absolute Gasteiger partial charge is 0.332 e. The molecule has 0 atom stereocenters. The van der Waals surface area contributed by atoms with Gasteiger partial charge in [0, 0.05) is 27.1 Å². The second kappa shape index (κ2) is 10.3. The molecule has 3 aromatic rings. The van der Waals surface area contributed by atoms with Crippen LogP contribution in [-0.4, -0.2) is 23.5 Å². The van der Waals surface area contributed by atoms with Gasteiger partial charge in [-0.15, -0.1) is 0 Å². The predicted octanol–water partition coefficient (Wildman–Crippen LogP) is 5.08. The highest BCUT2D eigenvalue weighted by molar-refractivity contribution is 14.1. The molecule has 2 amide bonds. The lowest BCUT2D eigenvalue weighted by molar-refractivity contribution is 0.0972. The van der Waals surface area contributed by atoms with Crippen LogP contribution in [0.1, 0.15) is 27.6 Å². The minimum atomic E-state index is -0.272. The van der Waals surface area contributed by atoms with Crippen LogP contribution in [0, 0.1) is 3.57 Å². The Morgan fingerprint density at radius 1 is 0.933 bits per heavy atom. The van der Waals surface area contributed by atoms with Crippen molar-refractivity contribution in [1.29, 1.82) is 0 Å². The van der Waals surface area contributed by atoms with E-state index in [-0.39, 0.29) is 16.9 Å². The van der Waals surface area contributed by atoms with Gasteiger partial charge in [-0.25, -0.2) is 0 Å². The van der Waals surface area contributed by atoms with Gasteiger partial charge in [-0.2, -0.15) is 0 Å². The topological polar surface area (TPSA) is 61.4 Å². The van der Waals surface area contributed by atoms with E-state index in [0.29, 0.717) is 23.4 Å². The Kier molecular flexibility index (Phi) is 7.53. The second-order valence-electron chi connectivity index (χ2n) is 6.35. The Balaban J connectivity index is 1.64. The van der Waals surface area contributed by atoms with Crippen molar-refractivity contribution in [2.24, 2.45) is 0 Å². The summed E-state index contributed by atoms with van der Waals surface area (Å²) in [6.07, 6.45) is 0. The number of carbonyl (C=O) groups is 2. The summed E-state index contributed by atoms with van der Waals surface area (Å²) < 4.78 is 0.845. The zero-order valence-corrected chi connectivity index (χ0v) is 19.2. The van der Waals surface area contributed by atoms with E-state index in [1.807, 2.05) is 49.4 Å². The van der Waals surface area contributed by atoms with E-state index in [1.165, 1.54) is 0 Å². The minimum absolute atomic E-state index is 0.0789. The minimum Gasteiger partial charge on any atom is -0.332 e. The molecule has 0 unspecified atom stereocenters. The number of rotatable bonds is 5. The molecule has 0 aliphatic rings. The molecule has 0 radical (unpaired) electrons. The van der Waals surface area contributed by atoms with E-state index in [1.54, 1.807) is 41.3 Å². The Labute approximate surface area is 194 Å². The van der Waals surface area contributed by atoms with Gasteiger partial charge in [-0.3, -0.25) is 14.9 Å². The fourth-order valence-electron chi connectivity index (χ4n) is 2.88. The summed E-state index contributed by atoms with van der Waals surface area (Å²) in [5.74, 6) is -0.351. The summed E-state index contributed by atoms with van der Waals surface area (Å²) in [7, 11) is 0. The molecule has 2 N–H and O–H groups in total. The summed E-state index contributed by atoms with van der Waals surface area (Å²) in [5, 5.41) is 5.84. The number of para-hydroxylation sites is 1. The monoisotopic (exact) mass is 529 g/mol. The SMILES string of the molecule is CCN(C(=O)c1ccc(NC(=S)NC(=O)c2ccccc2I)cc1)c1ccccc1. The van der Waals surface area contributed by atoms with Crippen LogP contribution in [0.2, 0.25) is 0 Å². The lowest BCUT2D eigenvalue weighted by atomic mass is 10.1. The summed E-state index contributed by atoms with van der Waals surface area (Å²) in [4.78, 5) is 26.9. The van der Waals surface area contributed by atoms with Crippen molar-refractivity contribution in [3.8, 4) is 0 Å². The first-order chi connectivity index (χ1) is 14.5. The van der Waals surface area contributed by atoms with Crippen LogP contribution < -0.4 is 15.5 Å². The summed E-state index contributed by atoms with van der Waals surface area (Å²) in [6, 6.07) is 23.8. The molecule has 0 aromatic heterocycles. The maximum absolute atomic E-state index is 12.9. The number of halogens is 1. The van der Waals surface area contributed by atoms with Crippen LogP contribution in [0.3, 0.4) is 0 Å². The number of nitrogens with one attached hydrogen (secondary N) is 2. The maximum atomic E-state index is 12.9. The molecule has 5 nitrogen and oxygen atoms in total. The number of benzene rings is 3. The molecule has 0 heterocycles. The average Bonchev–Trinajstić information content (AvgIpc) is 2.75. The first kappa shape index (κ1) is 21.9. The highest BCUT2D eigenvalue weighted by Gasteiger charge is 2.16. The molecule has 30 heavy (non-hydrogen) atoms. The number of amides is 2. The Hall–Kier alpha value is -2.78. The van der Waals surface area contributed by atoms with Gasteiger partial charge in [0.2, 0.25) is 0 Å². The molecule has 0 bridgehead atoms. The third kappa shape index (κ3) is 5.43. The zero-order valence-electron chi connectivity index (χ0n) is 16.3. The molecule has 0 fully saturated rings. The highest BCUT2D eigenvalue weighted by Crippen LogP contribution is 2.18. The van der Waals surface area contributed by atoms with Gasteiger partial charge >= 0.3 is 0 Å². The third-order valence-corrected chi connectivity index (χ3v) is 5.51. The Morgan fingerprint density at radius 2 is 1.57 bits per heavy atom. The molecule has 0 aliphatic heterocycles. The number of thiocarbonyl (C=S) groups is 1.